The third-order valence-corrected chi connectivity index (χ3v) is 10.0. The Morgan fingerprint density at radius 2 is 1.58 bits per heavy atom. The van der Waals surface area contributed by atoms with E-state index in [9.17, 15) is 39.6 Å². The first kappa shape index (κ1) is 37.5. The van der Waals surface area contributed by atoms with Crippen LogP contribution in [0.1, 0.15) is 102 Å². The molecule has 0 radical (unpaired) electrons. The van der Waals surface area contributed by atoms with Crippen LogP contribution >= 0.6 is 0 Å². The molecule has 15 heteroatoms. The lowest BCUT2D eigenvalue weighted by atomic mass is 9.79. The molecule has 10 atom stereocenters. The maximum Gasteiger partial charge on any atom is 0.306 e. The van der Waals surface area contributed by atoms with Gasteiger partial charge in [0, 0.05) is 42.0 Å². The third-order valence-electron chi connectivity index (χ3n) is 10.0. The van der Waals surface area contributed by atoms with Crippen LogP contribution < -0.4 is 5.73 Å². The smallest absolute Gasteiger partial charge is 0.306 e. The molecule has 280 valence electrons. The number of carboxylic acids is 1. The molecule has 52 heavy (non-hydrogen) atoms. The number of aliphatic hydroxyl groups is 2. The van der Waals surface area contributed by atoms with E-state index in [0.29, 0.717) is 12.8 Å². The second kappa shape index (κ2) is 14.3. The first-order valence-corrected chi connectivity index (χ1v) is 17.2. The minimum Gasteiger partial charge on any atom is -0.507 e. The zero-order valence-corrected chi connectivity index (χ0v) is 29.1. The fourth-order valence-electron chi connectivity index (χ4n) is 7.34. The van der Waals surface area contributed by atoms with Crippen molar-refractivity contribution in [1.82, 2.24) is 0 Å². The van der Waals surface area contributed by atoms with Gasteiger partial charge in [0.1, 0.15) is 23.7 Å². The Kier molecular flexibility index (Phi) is 10.3. The van der Waals surface area contributed by atoms with E-state index in [2.05, 4.69) is 0 Å². The van der Waals surface area contributed by atoms with Gasteiger partial charge in [-0.2, -0.15) is 0 Å². The van der Waals surface area contributed by atoms with E-state index in [1.807, 2.05) is 0 Å². The van der Waals surface area contributed by atoms with E-state index in [1.165, 1.54) is 37.3 Å². The molecule has 2 aromatic carbocycles. The van der Waals surface area contributed by atoms with E-state index >= 15 is 0 Å². The van der Waals surface area contributed by atoms with Crippen LogP contribution in [0, 0.1) is 0 Å². The van der Waals surface area contributed by atoms with Crippen molar-refractivity contribution in [3.63, 3.8) is 0 Å². The Labute approximate surface area is 298 Å². The highest BCUT2D eigenvalue weighted by Crippen LogP contribution is 2.44. The maximum absolute atomic E-state index is 13.7. The zero-order chi connectivity index (χ0) is 37.8. The summed E-state index contributed by atoms with van der Waals surface area (Å²) in [7, 11) is 0. The third kappa shape index (κ3) is 7.22. The topological polar surface area (TPSA) is 242 Å². The molecule has 7 N–H and O–H groups in total. The standard InChI is InChI=1S/C37H43NO14/c1-15-23(39)11-22(38)36(50-15)51-25-9-10-28(49-16(25)2)52-35-17(3)48-26(12-24(35)40)19-7-8-21-30(32(19)44)34(46)20-6-5-18(31(43)29(20)33(21)45)13-37(4,47)14-27(41)42/h5-8,11,15-17,24-26,28,35-36,40,43-44,47H,9-10,12-14,38H2,1-4H3,(H,41,42)/t15-,16-,17+,24+,25-,26+,28-,35+,36-,37+/m0/s1. The number of aliphatic carboxylic acids is 1. The largest absolute Gasteiger partial charge is 0.507 e. The first-order chi connectivity index (χ1) is 24.5. The van der Waals surface area contributed by atoms with Crippen molar-refractivity contribution < 1.29 is 68.4 Å². The number of carboxylic acid groups (broad SMARTS) is 1. The van der Waals surface area contributed by atoms with Gasteiger partial charge in [-0.3, -0.25) is 19.2 Å². The lowest BCUT2D eigenvalue weighted by Gasteiger charge is -2.42. The Bertz CT molecular complexity index is 1810. The SMILES string of the molecule is C[C@@H]1O[C@@H](O[C@H]2CC[C@H](O[C@H]3[C@H](O)C[C@H](c4ccc5c(c4O)C(=O)c4ccc(C[C@@](C)(O)CC(=O)O)c(O)c4C5=O)O[C@@H]3C)O[C@H]2C)C(N)=CC1=O. The fourth-order valence-corrected chi connectivity index (χ4v) is 7.34. The molecule has 15 nitrogen and oxygen atoms in total. The molecular formula is C37H43NO14. The van der Waals surface area contributed by atoms with Gasteiger partial charge in [0.25, 0.3) is 0 Å². The summed E-state index contributed by atoms with van der Waals surface area (Å²) in [6.45, 7) is 6.41. The number of aromatic hydroxyl groups is 2. The number of hydrogen-bond donors (Lipinski definition) is 6. The van der Waals surface area contributed by atoms with Gasteiger partial charge < -0.3 is 55.0 Å². The number of aliphatic hydroxyl groups excluding tert-OH is 1. The average Bonchev–Trinajstić information content (AvgIpc) is 3.05. The molecule has 0 bridgehead atoms. The van der Waals surface area contributed by atoms with Crippen LogP contribution in [0.4, 0.5) is 0 Å². The minimum absolute atomic E-state index is 0.0178. The number of ether oxygens (including phenoxy) is 5. The summed E-state index contributed by atoms with van der Waals surface area (Å²) in [5, 5.41) is 53.2. The van der Waals surface area contributed by atoms with Crippen molar-refractivity contribution in [3.05, 3.63) is 69.4 Å². The van der Waals surface area contributed by atoms with Crippen molar-refractivity contribution in [2.75, 3.05) is 0 Å². The summed E-state index contributed by atoms with van der Waals surface area (Å²) in [5.41, 5.74) is 3.74. The number of phenolic OH excluding ortho intramolecular Hbond substituents is 2. The molecule has 1 aliphatic carbocycles. The molecule has 0 unspecified atom stereocenters. The van der Waals surface area contributed by atoms with Gasteiger partial charge in [0.2, 0.25) is 0 Å². The Morgan fingerprint density at radius 1 is 0.923 bits per heavy atom. The Morgan fingerprint density at radius 3 is 2.21 bits per heavy atom. The molecule has 6 rings (SSSR count). The highest BCUT2D eigenvalue weighted by molar-refractivity contribution is 6.30. The van der Waals surface area contributed by atoms with Crippen LogP contribution in [0.15, 0.2) is 36.0 Å². The number of nitrogens with two attached hydrogens (primary N) is 1. The minimum atomic E-state index is -1.74. The predicted octanol–water partition coefficient (Wildman–Crippen LogP) is 2.30. The monoisotopic (exact) mass is 725 g/mol. The van der Waals surface area contributed by atoms with Gasteiger partial charge in [-0.15, -0.1) is 0 Å². The lowest BCUT2D eigenvalue weighted by molar-refractivity contribution is -0.293. The zero-order valence-electron chi connectivity index (χ0n) is 29.1. The number of benzene rings is 2. The number of ketones is 3. The molecular weight excluding hydrogens is 682 g/mol. The summed E-state index contributed by atoms with van der Waals surface area (Å²) in [6.07, 6.45) is -5.21. The highest BCUT2D eigenvalue weighted by Gasteiger charge is 2.43. The van der Waals surface area contributed by atoms with E-state index in [1.54, 1.807) is 20.8 Å². The van der Waals surface area contributed by atoms with Crippen molar-refractivity contribution in [2.45, 2.75) is 121 Å². The summed E-state index contributed by atoms with van der Waals surface area (Å²) in [6, 6.07) is 5.40. The number of phenols is 2. The summed E-state index contributed by atoms with van der Waals surface area (Å²) < 4.78 is 30.0. The van der Waals surface area contributed by atoms with E-state index < -0.39 is 96.4 Å². The number of carbonyl (C=O) groups is 4. The number of rotatable bonds is 9. The normalized spacial score (nSPS) is 31.7. The number of fused-ring (bicyclic) bond motifs is 2. The highest BCUT2D eigenvalue weighted by atomic mass is 16.7. The van der Waals surface area contributed by atoms with Crippen LogP contribution in [-0.4, -0.2) is 104 Å². The first-order valence-electron chi connectivity index (χ1n) is 17.2. The van der Waals surface area contributed by atoms with Crippen LogP contribution in [0.25, 0.3) is 0 Å². The molecule has 2 saturated heterocycles. The molecule has 2 aromatic rings. The van der Waals surface area contributed by atoms with Gasteiger partial charge in [-0.1, -0.05) is 12.1 Å². The van der Waals surface area contributed by atoms with Gasteiger partial charge >= 0.3 is 5.97 Å². The predicted molar refractivity (Wildman–Crippen MR) is 178 cm³/mol. The number of hydrogen-bond acceptors (Lipinski definition) is 14. The second-order valence-corrected chi connectivity index (χ2v) is 14.2. The molecule has 3 aliphatic heterocycles. The van der Waals surface area contributed by atoms with Crippen LogP contribution in [-0.2, 0) is 39.7 Å². The van der Waals surface area contributed by atoms with Gasteiger partial charge in [-0.25, -0.2) is 0 Å². The fraction of sp³-hybridized carbons (Fsp3) is 0.514. The van der Waals surface area contributed by atoms with E-state index in [0.717, 1.165) is 0 Å². The quantitative estimate of drug-likeness (QED) is 0.185. The van der Waals surface area contributed by atoms with Gasteiger partial charge in [0.15, 0.2) is 29.9 Å². The van der Waals surface area contributed by atoms with Crippen LogP contribution in [0.3, 0.4) is 0 Å². The van der Waals surface area contributed by atoms with Gasteiger partial charge in [0.05, 0.1) is 59.4 Å². The van der Waals surface area contributed by atoms with Gasteiger partial charge in [-0.05, 0) is 51.8 Å². The molecule has 4 aliphatic rings. The Balaban J connectivity index is 1.12. The number of carbonyl (C=O) groups excluding carboxylic acids is 3. The van der Waals surface area contributed by atoms with Crippen LogP contribution in [0.5, 0.6) is 11.5 Å². The van der Waals surface area contributed by atoms with Crippen molar-refractivity contribution >= 4 is 23.3 Å². The van der Waals surface area contributed by atoms with Crippen molar-refractivity contribution in [1.29, 1.82) is 0 Å². The molecule has 3 heterocycles. The summed E-state index contributed by atoms with van der Waals surface area (Å²) in [4.78, 5) is 50.3. The Hall–Kier alpha value is -4.22. The molecule has 0 spiro atoms. The molecule has 2 fully saturated rings. The molecule has 0 amide bonds. The van der Waals surface area contributed by atoms with E-state index in [4.69, 9.17) is 34.5 Å². The molecule has 0 aromatic heterocycles. The lowest BCUT2D eigenvalue weighted by Crippen LogP contribution is -2.50. The second-order valence-electron chi connectivity index (χ2n) is 14.2. The van der Waals surface area contributed by atoms with Crippen molar-refractivity contribution in [3.8, 4) is 11.5 Å². The summed E-state index contributed by atoms with van der Waals surface area (Å²) in [5.74, 6) is -4.00. The summed E-state index contributed by atoms with van der Waals surface area (Å²) >= 11 is 0. The average molecular weight is 726 g/mol. The van der Waals surface area contributed by atoms with E-state index in [-0.39, 0.29) is 57.7 Å². The molecule has 0 saturated carbocycles. The maximum atomic E-state index is 13.7. The van der Waals surface area contributed by atoms with Crippen LogP contribution in [0.2, 0.25) is 0 Å². The van der Waals surface area contributed by atoms with Crippen molar-refractivity contribution in [2.24, 2.45) is 5.73 Å².